The summed E-state index contributed by atoms with van der Waals surface area (Å²) in [7, 11) is 0. The fourth-order valence-corrected chi connectivity index (χ4v) is 2.88. The van der Waals surface area contributed by atoms with Gasteiger partial charge in [0.15, 0.2) is 0 Å². The summed E-state index contributed by atoms with van der Waals surface area (Å²) in [5.74, 6) is -3.49. The molecule has 1 aliphatic rings. The van der Waals surface area contributed by atoms with E-state index in [1.165, 1.54) is 23.4 Å². The largest absolute Gasteiger partial charge is 0.410 e. The summed E-state index contributed by atoms with van der Waals surface area (Å²) >= 11 is 5.74. The van der Waals surface area contributed by atoms with Gasteiger partial charge in [-0.05, 0) is 23.8 Å². The maximum absolute atomic E-state index is 13.3. The predicted molar refractivity (Wildman–Crippen MR) is 88.3 cm³/mol. The summed E-state index contributed by atoms with van der Waals surface area (Å²) < 4.78 is 18.2. The highest BCUT2D eigenvalue weighted by atomic mass is 35.5. The monoisotopic (exact) mass is 382 g/mol. The van der Waals surface area contributed by atoms with Crippen LogP contribution in [0.1, 0.15) is 17.7 Å². The van der Waals surface area contributed by atoms with Crippen LogP contribution >= 0.6 is 11.6 Å². The summed E-state index contributed by atoms with van der Waals surface area (Å²) in [5.41, 5.74) is 1.03. The quantitative estimate of drug-likeness (QED) is 0.680. The zero-order valence-corrected chi connectivity index (χ0v) is 14.3. The fraction of sp³-hybridized carbons (Fsp3) is 0.312. The van der Waals surface area contributed by atoms with Gasteiger partial charge >= 0.3 is 6.09 Å². The van der Waals surface area contributed by atoms with E-state index >= 15 is 0 Å². The van der Waals surface area contributed by atoms with Crippen LogP contribution in [0.3, 0.4) is 0 Å². The number of alkyl carbamates (subject to hydrolysis) is 1. The van der Waals surface area contributed by atoms with Crippen molar-refractivity contribution in [2.24, 2.45) is 0 Å². The number of aromatic amines is 1. The van der Waals surface area contributed by atoms with Crippen LogP contribution in [0.15, 0.2) is 30.7 Å². The van der Waals surface area contributed by atoms with Crippen LogP contribution in [-0.4, -0.2) is 44.3 Å². The van der Waals surface area contributed by atoms with E-state index in [9.17, 15) is 19.1 Å². The zero-order chi connectivity index (χ0) is 18.7. The molecule has 3 rings (SSSR count). The molecule has 26 heavy (non-hydrogen) atoms. The molecule has 1 aromatic heterocycles. The molecule has 1 aromatic carbocycles. The average molecular weight is 383 g/mol. The Morgan fingerprint density at radius 2 is 2.31 bits per heavy atom. The standard InChI is InChI=1S/C16H16ClFN4O4/c17-11-3-10(4-12(18)5-11)6-20-15(24)26-16(25)1-2-22(14(16)23)8-13-7-19-9-21-13/h3-5,7,9,25H,1-2,6,8H2,(H,19,21)(H,20,24). The van der Waals surface area contributed by atoms with Gasteiger partial charge in [0.2, 0.25) is 0 Å². The molecule has 1 saturated heterocycles. The number of ether oxygens (including phenoxy) is 1. The van der Waals surface area contributed by atoms with Crippen LogP contribution in [0.25, 0.3) is 0 Å². The number of aliphatic hydroxyl groups is 1. The van der Waals surface area contributed by atoms with Gasteiger partial charge in [0.05, 0.1) is 18.6 Å². The highest BCUT2D eigenvalue weighted by Crippen LogP contribution is 2.25. The van der Waals surface area contributed by atoms with E-state index in [0.717, 1.165) is 6.07 Å². The number of carbonyl (C=O) groups excluding carboxylic acids is 2. The summed E-state index contributed by atoms with van der Waals surface area (Å²) in [6, 6.07) is 3.82. The van der Waals surface area contributed by atoms with E-state index in [-0.39, 0.29) is 31.1 Å². The summed E-state index contributed by atoms with van der Waals surface area (Å²) in [5, 5.41) is 12.9. The van der Waals surface area contributed by atoms with Gasteiger partial charge in [-0.15, -0.1) is 0 Å². The van der Waals surface area contributed by atoms with E-state index in [1.807, 2.05) is 0 Å². The van der Waals surface area contributed by atoms with Crippen molar-refractivity contribution in [3.05, 3.63) is 52.8 Å². The molecule has 1 unspecified atom stereocenters. The van der Waals surface area contributed by atoms with E-state index in [4.69, 9.17) is 16.3 Å². The number of H-pyrrole nitrogens is 1. The van der Waals surface area contributed by atoms with Crippen molar-refractivity contribution in [2.75, 3.05) is 6.54 Å². The molecule has 3 N–H and O–H groups in total. The maximum Gasteiger partial charge on any atom is 0.410 e. The Balaban J connectivity index is 1.55. The Labute approximate surface area is 152 Å². The zero-order valence-electron chi connectivity index (χ0n) is 13.5. The number of likely N-dealkylation sites (tertiary alicyclic amines) is 1. The molecule has 2 aromatic rings. The van der Waals surface area contributed by atoms with Crippen molar-refractivity contribution in [3.8, 4) is 0 Å². The lowest BCUT2D eigenvalue weighted by Gasteiger charge is -2.22. The third kappa shape index (κ3) is 4.12. The van der Waals surface area contributed by atoms with Crippen LogP contribution in [-0.2, 0) is 22.6 Å². The number of aromatic nitrogens is 2. The first-order chi connectivity index (χ1) is 12.4. The number of halogens is 2. The topological polar surface area (TPSA) is 108 Å². The molecule has 0 saturated carbocycles. The molecule has 0 radical (unpaired) electrons. The molecule has 10 heteroatoms. The SMILES string of the molecule is O=C(NCc1cc(F)cc(Cl)c1)OC1(O)CCN(Cc2c[nH]cn2)C1=O. The van der Waals surface area contributed by atoms with Crippen LogP contribution in [0.2, 0.25) is 5.02 Å². The third-order valence-corrected chi connectivity index (χ3v) is 4.09. The van der Waals surface area contributed by atoms with Gasteiger partial charge in [-0.2, -0.15) is 0 Å². The second-order valence-electron chi connectivity index (χ2n) is 5.84. The minimum Gasteiger partial charge on any atom is -0.407 e. The molecule has 2 amide bonds. The normalized spacial score (nSPS) is 19.7. The predicted octanol–water partition coefficient (Wildman–Crippen LogP) is 1.55. The molecule has 1 aliphatic heterocycles. The Morgan fingerprint density at radius 1 is 1.50 bits per heavy atom. The minimum atomic E-state index is -2.24. The summed E-state index contributed by atoms with van der Waals surface area (Å²) in [6.45, 7) is 0.337. The van der Waals surface area contributed by atoms with Crippen LogP contribution in [0.4, 0.5) is 9.18 Å². The number of nitrogens with zero attached hydrogens (tertiary/aromatic N) is 2. The second kappa shape index (κ2) is 7.30. The number of imidazole rings is 1. The minimum absolute atomic E-state index is 0.0601. The van der Waals surface area contributed by atoms with Gasteiger partial charge in [-0.3, -0.25) is 4.79 Å². The number of hydrogen-bond donors (Lipinski definition) is 3. The number of rotatable bonds is 5. The number of carbonyl (C=O) groups is 2. The van der Waals surface area contributed by atoms with E-state index in [2.05, 4.69) is 15.3 Å². The number of benzene rings is 1. The van der Waals surface area contributed by atoms with Crippen molar-refractivity contribution in [2.45, 2.75) is 25.3 Å². The molecule has 0 spiro atoms. The van der Waals surface area contributed by atoms with Gasteiger partial charge in [0.1, 0.15) is 5.82 Å². The molecule has 8 nitrogen and oxygen atoms in total. The van der Waals surface area contributed by atoms with Gasteiger partial charge in [-0.25, -0.2) is 14.2 Å². The number of amides is 2. The molecule has 1 atom stereocenters. The Hall–Kier alpha value is -2.65. The first-order valence-corrected chi connectivity index (χ1v) is 8.15. The average Bonchev–Trinajstić information content (AvgIpc) is 3.17. The van der Waals surface area contributed by atoms with Crippen molar-refractivity contribution in [3.63, 3.8) is 0 Å². The lowest BCUT2D eigenvalue weighted by Crippen LogP contribution is -2.45. The third-order valence-electron chi connectivity index (χ3n) is 3.87. The van der Waals surface area contributed by atoms with Gasteiger partial charge in [0, 0.05) is 30.7 Å². The number of nitrogens with one attached hydrogen (secondary N) is 2. The second-order valence-corrected chi connectivity index (χ2v) is 6.28. The molecule has 0 bridgehead atoms. The molecule has 1 fully saturated rings. The van der Waals surface area contributed by atoms with Crippen molar-refractivity contribution in [1.82, 2.24) is 20.2 Å². The van der Waals surface area contributed by atoms with Crippen molar-refractivity contribution >= 4 is 23.6 Å². The number of hydrogen-bond acceptors (Lipinski definition) is 5. The van der Waals surface area contributed by atoms with Gasteiger partial charge in [-0.1, -0.05) is 11.6 Å². The van der Waals surface area contributed by atoms with E-state index in [0.29, 0.717) is 11.3 Å². The Morgan fingerprint density at radius 3 is 3.00 bits per heavy atom. The molecular formula is C16H16ClFN4O4. The van der Waals surface area contributed by atoms with Crippen molar-refractivity contribution < 1.29 is 23.8 Å². The maximum atomic E-state index is 13.3. The van der Waals surface area contributed by atoms with E-state index in [1.54, 1.807) is 6.20 Å². The fourth-order valence-electron chi connectivity index (χ4n) is 2.64. The van der Waals surface area contributed by atoms with Crippen LogP contribution in [0, 0.1) is 5.82 Å². The highest BCUT2D eigenvalue weighted by Gasteiger charge is 2.49. The lowest BCUT2D eigenvalue weighted by molar-refractivity contribution is -0.182. The smallest absolute Gasteiger partial charge is 0.407 e. The molecular weight excluding hydrogens is 367 g/mol. The molecule has 0 aliphatic carbocycles. The first kappa shape index (κ1) is 18.2. The molecule has 138 valence electrons. The summed E-state index contributed by atoms with van der Waals surface area (Å²) in [6.07, 6.45) is 2.05. The highest BCUT2D eigenvalue weighted by molar-refractivity contribution is 6.30. The van der Waals surface area contributed by atoms with Gasteiger partial charge in [0.25, 0.3) is 11.7 Å². The Bertz CT molecular complexity index is 796. The van der Waals surface area contributed by atoms with Gasteiger partial charge < -0.3 is 25.0 Å². The van der Waals surface area contributed by atoms with Crippen LogP contribution in [0.5, 0.6) is 0 Å². The summed E-state index contributed by atoms with van der Waals surface area (Å²) in [4.78, 5) is 32.3. The molecule has 2 heterocycles. The van der Waals surface area contributed by atoms with Crippen LogP contribution < -0.4 is 5.32 Å². The van der Waals surface area contributed by atoms with E-state index < -0.39 is 23.6 Å². The lowest BCUT2D eigenvalue weighted by atomic mass is 10.2. The Kier molecular flexibility index (Phi) is 5.10. The first-order valence-electron chi connectivity index (χ1n) is 7.77. The van der Waals surface area contributed by atoms with Crippen molar-refractivity contribution in [1.29, 1.82) is 0 Å².